The summed E-state index contributed by atoms with van der Waals surface area (Å²) >= 11 is 0. The molecule has 1 rings (SSSR count). The van der Waals surface area contributed by atoms with E-state index in [4.69, 9.17) is 10.00 Å². The zero-order valence-corrected chi connectivity index (χ0v) is 8.32. The van der Waals surface area contributed by atoms with E-state index in [-0.39, 0.29) is 19.1 Å². The number of hydrogen-bond acceptors (Lipinski definition) is 4. The molecule has 0 saturated carbocycles. The Morgan fingerprint density at radius 3 is 3.00 bits per heavy atom. The Bertz CT molecular complexity index is 263. The van der Waals surface area contributed by atoms with E-state index in [0.717, 1.165) is 0 Å². The van der Waals surface area contributed by atoms with E-state index < -0.39 is 5.60 Å². The van der Waals surface area contributed by atoms with E-state index in [2.05, 4.69) is 5.97 Å². The van der Waals surface area contributed by atoms with Crippen molar-refractivity contribution in [2.24, 2.45) is 0 Å². The summed E-state index contributed by atoms with van der Waals surface area (Å²) in [7, 11) is 0. The van der Waals surface area contributed by atoms with Gasteiger partial charge in [-0.05, 0) is 19.7 Å². The first-order valence-corrected chi connectivity index (χ1v) is 4.87. The van der Waals surface area contributed by atoms with Crippen LogP contribution in [0, 0.1) is 11.2 Å². The molecule has 0 amide bonds. The van der Waals surface area contributed by atoms with Crippen LogP contribution in [0.1, 0.15) is 19.8 Å². The second-order valence-electron chi connectivity index (χ2n) is 3.77. The lowest BCUT2D eigenvalue weighted by molar-refractivity contribution is -0.147. The number of carbonyl (C=O) groups is 1. The number of hydrogen-bond donors (Lipinski definition) is 1. The molecule has 1 aliphatic rings. The highest BCUT2D eigenvalue weighted by Gasteiger charge is 2.41. The zero-order chi connectivity index (χ0) is 10.6. The van der Waals surface area contributed by atoms with Gasteiger partial charge in [0, 0.05) is 5.97 Å². The van der Waals surface area contributed by atoms with Crippen molar-refractivity contribution in [3.8, 4) is 5.97 Å². The number of ether oxygens (including phenoxy) is 1. The minimum atomic E-state index is -1.01. The van der Waals surface area contributed by atoms with Crippen LogP contribution >= 0.6 is 0 Å². The number of nitriles is 1. The van der Waals surface area contributed by atoms with Gasteiger partial charge in [-0.15, -0.1) is 0 Å². The molecule has 5 heteroatoms. The molecule has 1 atom stereocenters. The summed E-state index contributed by atoms with van der Waals surface area (Å²) in [5, 5.41) is 18.6. The zero-order valence-electron chi connectivity index (χ0n) is 8.32. The Morgan fingerprint density at radius 1 is 1.79 bits per heavy atom. The lowest BCUT2D eigenvalue weighted by atomic mass is 9.49. The predicted octanol–water partition coefficient (Wildman–Crippen LogP) is 0.632. The molecule has 1 fully saturated rings. The van der Waals surface area contributed by atoms with Gasteiger partial charge in [-0.1, -0.05) is 6.32 Å². The standard InChI is InChI=1S/C9H14BNO3/c1-2-14-8(12)5-9(13)3-4-10(6-9)7-11/h13H,2-6H2,1H3. The maximum Gasteiger partial charge on any atom is 0.308 e. The molecule has 76 valence electrons. The number of carbonyl (C=O) groups excluding carboxylic acids is 1. The Morgan fingerprint density at radius 2 is 2.50 bits per heavy atom. The molecular formula is C9H14BNO3. The summed E-state index contributed by atoms with van der Waals surface area (Å²) in [5.74, 6) is 1.73. The minimum absolute atomic E-state index is 0.0129. The summed E-state index contributed by atoms with van der Waals surface area (Å²) < 4.78 is 4.76. The van der Waals surface area contributed by atoms with Gasteiger partial charge in [-0.2, -0.15) is 0 Å². The predicted molar refractivity (Wildman–Crippen MR) is 51.8 cm³/mol. The number of aliphatic hydroxyl groups is 1. The molecule has 1 aliphatic heterocycles. The molecule has 0 bridgehead atoms. The Hall–Kier alpha value is -1.02. The molecule has 0 aliphatic carbocycles. The summed E-state index contributed by atoms with van der Waals surface area (Å²) in [5.41, 5.74) is -1.01. The van der Waals surface area contributed by atoms with Crippen LogP contribution in [0.15, 0.2) is 0 Å². The van der Waals surface area contributed by atoms with Gasteiger partial charge in [0.2, 0.25) is 0 Å². The van der Waals surface area contributed by atoms with E-state index in [9.17, 15) is 9.90 Å². The second-order valence-corrected chi connectivity index (χ2v) is 3.77. The summed E-state index contributed by atoms with van der Waals surface area (Å²) in [6.07, 6.45) is 1.60. The molecule has 1 unspecified atom stereocenters. The van der Waals surface area contributed by atoms with E-state index in [1.807, 2.05) is 0 Å². The van der Waals surface area contributed by atoms with Crippen molar-refractivity contribution in [1.29, 1.82) is 5.26 Å². The molecule has 0 radical (unpaired) electrons. The monoisotopic (exact) mass is 195 g/mol. The third-order valence-electron chi connectivity index (χ3n) is 2.55. The highest BCUT2D eigenvalue weighted by atomic mass is 16.5. The maximum absolute atomic E-state index is 11.1. The van der Waals surface area contributed by atoms with Crippen LogP contribution < -0.4 is 0 Å². The SMILES string of the molecule is CCOC(=O)CC1(O)CCB(C#N)C1. The molecule has 1 heterocycles. The fraction of sp³-hybridized carbons (Fsp3) is 0.778. The average molecular weight is 195 g/mol. The number of esters is 1. The largest absolute Gasteiger partial charge is 0.466 e. The Kier molecular flexibility index (Phi) is 3.53. The van der Waals surface area contributed by atoms with Gasteiger partial charge < -0.3 is 9.84 Å². The van der Waals surface area contributed by atoms with Gasteiger partial charge in [-0.3, -0.25) is 4.79 Å². The fourth-order valence-corrected chi connectivity index (χ4v) is 1.86. The van der Waals surface area contributed by atoms with Crippen LogP contribution in [0.2, 0.25) is 12.6 Å². The highest BCUT2D eigenvalue weighted by Crippen LogP contribution is 2.33. The Balaban J connectivity index is 2.45. The molecule has 14 heavy (non-hydrogen) atoms. The molecule has 0 aromatic heterocycles. The van der Waals surface area contributed by atoms with Crippen molar-refractivity contribution >= 4 is 12.7 Å². The van der Waals surface area contributed by atoms with Gasteiger partial charge in [-0.25, -0.2) is 5.26 Å². The molecule has 4 nitrogen and oxygen atoms in total. The van der Waals surface area contributed by atoms with E-state index in [1.54, 1.807) is 6.92 Å². The normalized spacial score (nSPS) is 25.9. The number of nitrogens with zero attached hydrogens (tertiary/aromatic N) is 1. The van der Waals surface area contributed by atoms with Crippen molar-refractivity contribution in [2.75, 3.05) is 6.61 Å². The first-order valence-electron chi connectivity index (χ1n) is 4.87. The van der Waals surface area contributed by atoms with Gasteiger partial charge in [0.15, 0.2) is 0 Å². The summed E-state index contributed by atoms with van der Waals surface area (Å²) in [4.78, 5) is 11.1. The fourth-order valence-electron chi connectivity index (χ4n) is 1.86. The van der Waals surface area contributed by atoms with Crippen molar-refractivity contribution in [1.82, 2.24) is 0 Å². The van der Waals surface area contributed by atoms with Crippen LogP contribution in [0.3, 0.4) is 0 Å². The van der Waals surface area contributed by atoms with Gasteiger partial charge in [0.25, 0.3) is 6.71 Å². The van der Waals surface area contributed by atoms with Gasteiger partial charge in [0.05, 0.1) is 18.6 Å². The maximum atomic E-state index is 11.1. The first kappa shape index (κ1) is 11.1. The van der Waals surface area contributed by atoms with Crippen molar-refractivity contribution in [3.05, 3.63) is 0 Å². The van der Waals surface area contributed by atoms with E-state index >= 15 is 0 Å². The topological polar surface area (TPSA) is 70.3 Å². The van der Waals surface area contributed by atoms with Gasteiger partial charge in [0.1, 0.15) is 0 Å². The van der Waals surface area contributed by atoms with Gasteiger partial charge >= 0.3 is 5.97 Å². The lowest BCUT2D eigenvalue weighted by Gasteiger charge is -2.20. The highest BCUT2D eigenvalue weighted by molar-refractivity contribution is 6.68. The Labute approximate surface area is 83.9 Å². The van der Waals surface area contributed by atoms with E-state index in [0.29, 0.717) is 25.7 Å². The van der Waals surface area contributed by atoms with Crippen molar-refractivity contribution in [2.45, 2.75) is 38.0 Å². The van der Waals surface area contributed by atoms with Crippen LogP contribution in [0.4, 0.5) is 0 Å². The van der Waals surface area contributed by atoms with Crippen molar-refractivity contribution in [3.63, 3.8) is 0 Å². The third-order valence-corrected chi connectivity index (χ3v) is 2.55. The van der Waals surface area contributed by atoms with Crippen LogP contribution in [-0.4, -0.2) is 30.0 Å². The molecule has 0 aromatic rings. The summed E-state index contributed by atoms with van der Waals surface area (Å²) in [6.45, 7) is 1.94. The molecule has 0 spiro atoms. The number of rotatable bonds is 3. The second kappa shape index (κ2) is 4.47. The van der Waals surface area contributed by atoms with Crippen molar-refractivity contribution < 1.29 is 14.6 Å². The lowest BCUT2D eigenvalue weighted by Crippen LogP contribution is -2.29. The van der Waals surface area contributed by atoms with Crippen LogP contribution in [0.5, 0.6) is 0 Å². The first-order chi connectivity index (χ1) is 6.59. The minimum Gasteiger partial charge on any atom is -0.466 e. The molecule has 1 N–H and O–H groups in total. The summed E-state index contributed by atoms with van der Waals surface area (Å²) in [6, 6.07) is 0. The quantitative estimate of drug-likeness (QED) is 0.529. The molecular weight excluding hydrogens is 181 g/mol. The van der Waals surface area contributed by atoms with E-state index in [1.165, 1.54) is 0 Å². The molecule has 0 aromatic carbocycles. The van der Waals surface area contributed by atoms with Crippen LogP contribution in [-0.2, 0) is 9.53 Å². The molecule has 1 saturated heterocycles. The third kappa shape index (κ3) is 2.74. The smallest absolute Gasteiger partial charge is 0.308 e. The van der Waals surface area contributed by atoms with Crippen LogP contribution in [0.25, 0.3) is 0 Å². The average Bonchev–Trinajstić information content (AvgIpc) is 2.47.